The summed E-state index contributed by atoms with van der Waals surface area (Å²) in [5, 5.41) is 9.71. The van der Waals surface area contributed by atoms with Gasteiger partial charge in [-0.1, -0.05) is 30.2 Å². The number of nitrogens with two attached hydrogens (primary N) is 1. The lowest BCUT2D eigenvalue weighted by molar-refractivity contribution is 0.386. The topological polar surface area (TPSA) is 87.2 Å². The number of nitrogens with zero attached hydrogens (tertiary/aromatic N) is 2. The predicted molar refractivity (Wildman–Crippen MR) is 99.8 cm³/mol. The maximum absolute atomic E-state index is 14.2. The van der Waals surface area contributed by atoms with Crippen molar-refractivity contribution in [1.82, 2.24) is 9.78 Å². The number of primary sulfonamides is 1. The van der Waals surface area contributed by atoms with Gasteiger partial charge in [-0.25, -0.2) is 17.9 Å². The number of sulfonamides is 1. The number of methoxy groups -OCH3 is 1. The van der Waals surface area contributed by atoms with E-state index < -0.39 is 15.8 Å². The van der Waals surface area contributed by atoms with E-state index in [1.165, 1.54) is 30.0 Å². The zero-order chi connectivity index (χ0) is 19.6. The van der Waals surface area contributed by atoms with Crippen LogP contribution in [0.15, 0.2) is 53.6 Å². The number of hydrogen-bond acceptors (Lipinski definition) is 4. The van der Waals surface area contributed by atoms with Crippen LogP contribution in [0.25, 0.3) is 22.4 Å². The average Bonchev–Trinajstić information content (AvgIpc) is 3.05. The quantitative estimate of drug-likeness (QED) is 0.700. The van der Waals surface area contributed by atoms with Crippen molar-refractivity contribution >= 4 is 10.0 Å². The van der Waals surface area contributed by atoms with Crippen LogP contribution in [0.3, 0.4) is 0 Å². The van der Waals surface area contributed by atoms with E-state index in [-0.39, 0.29) is 10.6 Å². The molecule has 2 N–H and O–H groups in total. The molecular weight excluding hydrogens is 369 g/mol. The molecule has 0 unspecified atom stereocenters. The molecular formula is C19H16FN3O3S. The molecule has 138 valence electrons. The molecule has 0 aliphatic rings. The van der Waals surface area contributed by atoms with Gasteiger partial charge in [-0.05, 0) is 30.7 Å². The second-order valence-electron chi connectivity index (χ2n) is 5.59. The lowest BCUT2D eigenvalue weighted by Gasteiger charge is -2.08. The molecule has 1 heterocycles. The normalized spacial score (nSPS) is 11.0. The average molecular weight is 385 g/mol. The number of benzene rings is 2. The van der Waals surface area contributed by atoms with Gasteiger partial charge in [0.1, 0.15) is 5.69 Å². The maximum Gasteiger partial charge on any atom is 0.238 e. The van der Waals surface area contributed by atoms with Crippen molar-refractivity contribution in [3.05, 3.63) is 54.5 Å². The minimum atomic E-state index is -3.98. The van der Waals surface area contributed by atoms with E-state index >= 15 is 0 Å². The molecule has 2 aromatic carbocycles. The van der Waals surface area contributed by atoms with Gasteiger partial charge >= 0.3 is 0 Å². The van der Waals surface area contributed by atoms with E-state index in [9.17, 15) is 12.8 Å². The highest BCUT2D eigenvalue weighted by molar-refractivity contribution is 7.89. The lowest BCUT2D eigenvalue weighted by Crippen LogP contribution is -2.13. The van der Waals surface area contributed by atoms with E-state index in [2.05, 4.69) is 17.1 Å². The molecule has 0 saturated carbocycles. The third-order valence-electron chi connectivity index (χ3n) is 3.85. The van der Waals surface area contributed by atoms with Crippen LogP contribution in [0, 0.1) is 17.8 Å². The molecule has 0 atom stereocenters. The Morgan fingerprint density at radius 3 is 2.56 bits per heavy atom. The van der Waals surface area contributed by atoms with Crippen LogP contribution in [0.1, 0.15) is 6.92 Å². The van der Waals surface area contributed by atoms with E-state index in [4.69, 9.17) is 9.88 Å². The first-order chi connectivity index (χ1) is 12.8. The van der Waals surface area contributed by atoms with Crippen molar-refractivity contribution in [1.29, 1.82) is 0 Å². The summed E-state index contributed by atoms with van der Waals surface area (Å²) in [5.41, 5.74) is 1.64. The number of hydrogen-bond donors (Lipinski definition) is 1. The minimum absolute atomic E-state index is 0.0741. The van der Waals surface area contributed by atoms with Crippen LogP contribution < -0.4 is 9.88 Å². The van der Waals surface area contributed by atoms with Crippen molar-refractivity contribution in [3.63, 3.8) is 0 Å². The molecule has 0 radical (unpaired) electrons. The Bertz CT molecular complexity index is 1170. The van der Waals surface area contributed by atoms with Crippen LogP contribution in [0.5, 0.6) is 5.75 Å². The first-order valence-electron chi connectivity index (χ1n) is 7.83. The highest BCUT2D eigenvalue weighted by atomic mass is 32.2. The first-order valence-corrected chi connectivity index (χ1v) is 9.38. The molecule has 0 bridgehead atoms. The van der Waals surface area contributed by atoms with Crippen molar-refractivity contribution in [2.45, 2.75) is 11.8 Å². The van der Waals surface area contributed by atoms with Gasteiger partial charge in [-0.3, -0.25) is 0 Å². The van der Waals surface area contributed by atoms with E-state index in [1.54, 1.807) is 37.4 Å². The fourth-order valence-corrected chi connectivity index (χ4v) is 3.44. The molecule has 3 rings (SSSR count). The zero-order valence-corrected chi connectivity index (χ0v) is 15.4. The number of ether oxygens (including phenoxy) is 1. The summed E-state index contributed by atoms with van der Waals surface area (Å²) >= 11 is 0. The Morgan fingerprint density at radius 2 is 1.93 bits per heavy atom. The lowest BCUT2D eigenvalue weighted by atomic mass is 10.0. The summed E-state index contributed by atoms with van der Waals surface area (Å²) < 4.78 is 44.5. The van der Waals surface area contributed by atoms with Crippen LogP contribution in [0.2, 0.25) is 0 Å². The zero-order valence-electron chi connectivity index (χ0n) is 14.6. The molecule has 0 amide bonds. The molecule has 0 fully saturated rings. The number of halogens is 1. The summed E-state index contributed by atoms with van der Waals surface area (Å²) in [6.07, 6.45) is 1.60. The molecule has 3 aromatic rings. The van der Waals surface area contributed by atoms with Gasteiger partial charge in [0.25, 0.3) is 0 Å². The summed E-state index contributed by atoms with van der Waals surface area (Å²) in [6, 6.07) is 13.4. The van der Waals surface area contributed by atoms with Crippen LogP contribution in [-0.2, 0) is 10.0 Å². The maximum atomic E-state index is 14.2. The van der Waals surface area contributed by atoms with Gasteiger partial charge in [-0.2, -0.15) is 9.78 Å². The van der Waals surface area contributed by atoms with Gasteiger partial charge in [0.05, 0.1) is 12.0 Å². The van der Waals surface area contributed by atoms with Gasteiger partial charge < -0.3 is 4.74 Å². The van der Waals surface area contributed by atoms with Crippen molar-refractivity contribution in [3.8, 4) is 40.1 Å². The smallest absolute Gasteiger partial charge is 0.238 e. The van der Waals surface area contributed by atoms with E-state index in [0.717, 1.165) is 0 Å². The Balaban J connectivity index is 2.29. The van der Waals surface area contributed by atoms with Crippen LogP contribution in [-0.4, -0.2) is 25.3 Å². The molecule has 0 aliphatic carbocycles. The molecule has 0 saturated heterocycles. The molecule has 0 spiro atoms. The standard InChI is InChI=1S/C19H16FN3O3S/c1-3-10-23-12-15(13-8-9-17(26-2)16(20)11-13)19(22-23)14-6-4-5-7-18(14)27(21,24)25/h4-9,11-12H,1-2H3,(H2,21,24,25). The van der Waals surface area contributed by atoms with Gasteiger partial charge in [0, 0.05) is 23.4 Å². The Labute approximate surface area is 156 Å². The highest BCUT2D eigenvalue weighted by Gasteiger charge is 2.21. The van der Waals surface area contributed by atoms with Crippen molar-refractivity contribution in [2.75, 3.05) is 7.11 Å². The number of rotatable bonds is 4. The van der Waals surface area contributed by atoms with Crippen molar-refractivity contribution in [2.24, 2.45) is 5.14 Å². The highest BCUT2D eigenvalue weighted by Crippen LogP contribution is 2.35. The van der Waals surface area contributed by atoms with E-state index in [1.807, 2.05) is 0 Å². The Hall–Kier alpha value is -3.15. The largest absolute Gasteiger partial charge is 0.494 e. The summed E-state index contributed by atoms with van der Waals surface area (Å²) in [7, 11) is -2.61. The predicted octanol–water partition coefficient (Wildman–Crippen LogP) is 2.84. The monoisotopic (exact) mass is 385 g/mol. The fraction of sp³-hybridized carbons (Fsp3) is 0.105. The Morgan fingerprint density at radius 1 is 1.19 bits per heavy atom. The van der Waals surface area contributed by atoms with Gasteiger partial charge in [-0.15, -0.1) is 0 Å². The molecule has 0 aliphatic heterocycles. The van der Waals surface area contributed by atoms with Crippen LogP contribution >= 0.6 is 0 Å². The van der Waals surface area contributed by atoms with Crippen molar-refractivity contribution < 1.29 is 17.5 Å². The third-order valence-corrected chi connectivity index (χ3v) is 4.82. The van der Waals surface area contributed by atoms with Crippen LogP contribution in [0.4, 0.5) is 4.39 Å². The number of aromatic nitrogens is 2. The van der Waals surface area contributed by atoms with Gasteiger partial charge in [0.15, 0.2) is 11.6 Å². The summed E-state index contributed by atoms with van der Waals surface area (Å²) in [6.45, 7) is 1.65. The third kappa shape index (κ3) is 3.69. The minimum Gasteiger partial charge on any atom is -0.494 e. The van der Waals surface area contributed by atoms with Gasteiger partial charge in [0.2, 0.25) is 10.0 Å². The summed E-state index contributed by atoms with van der Waals surface area (Å²) in [5.74, 6) is 2.27. The second-order valence-corrected chi connectivity index (χ2v) is 7.12. The molecule has 6 nitrogen and oxygen atoms in total. The molecule has 1 aromatic heterocycles. The van der Waals surface area contributed by atoms with E-state index in [0.29, 0.717) is 22.4 Å². The first kappa shape index (κ1) is 18.6. The molecule has 27 heavy (non-hydrogen) atoms. The summed E-state index contributed by atoms with van der Waals surface area (Å²) in [4.78, 5) is -0.0741. The SMILES string of the molecule is CC#Cn1cc(-c2ccc(OC)c(F)c2)c(-c2ccccc2S(N)(=O)=O)n1. The second kappa shape index (κ2) is 7.23. The Kier molecular flexibility index (Phi) is 4.99. The fourth-order valence-electron chi connectivity index (χ4n) is 2.70. The molecule has 8 heteroatoms.